The summed E-state index contributed by atoms with van der Waals surface area (Å²) in [6, 6.07) is 9.93. The first kappa shape index (κ1) is 12.6. The molecule has 0 radical (unpaired) electrons. The van der Waals surface area contributed by atoms with Crippen molar-refractivity contribution in [1.82, 2.24) is 15.0 Å². The fourth-order valence-corrected chi connectivity index (χ4v) is 1.99. The number of hydrogen-bond donors (Lipinski definition) is 3. The number of fused-ring (bicyclic) bond motifs is 1. The smallest absolute Gasteiger partial charge is 0.178 e. The third kappa shape index (κ3) is 2.11. The Morgan fingerprint density at radius 2 is 1.75 bits per heavy atom. The summed E-state index contributed by atoms with van der Waals surface area (Å²) >= 11 is 0. The zero-order chi connectivity index (χ0) is 14.3. The lowest BCUT2D eigenvalue weighted by Crippen LogP contribution is -1.99. The molecular weight excluding hydrogens is 258 g/mol. The number of aliphatic hydroxyl groups is 2. The molecule has 0 saturated carbocycles. The van der Waals surface area contributed by atoms with Gasteiger partial charge in [-0.2, -0.15) is 0 Å². The first-order valence-corrected chi connectivity index (χ1v) is 6.08. The van der Waals surface area contributed by atoms with E-state index in [1.807, 2.05) is 6.92 Å². The van der Waals surface area contributed by atoms with Crippen LogP contribution in [-0.2, 0) is 0 Å². The molecule has 2 aromatic carbocycles. The van der Waals surface area contributed by atoms with Gasteiger partial charge in [-0.25, -0.2) is 0 Å². The van der Waals surface area contributed by atoms with Crippen molar-refractivity contribution in [3.8, 4) is 11.4 Å². The molecule has 0 saturated heterocycles. The van der Waals surface area contributed by atoms with Crippen LogP contribution in [0.15, 0.2) is 36.4 Å². The minimum atomic E-state index is -1.54. The van der Waals surface area contributed by atoms with Crippen molar-refractivity contribution in [1.29, 1.82) is 0 Å². The molecule has 0 aliphatic heterocycles. The Kier molecular flexibility index (Phi) is 2.89. The van der Waals surface area contributed by atoms with E-state index in [4.69, 9.17) is 10.2 Å². The maximum atomic E-state index is 9.88. The van der Waals surface area contributed by atoms with Gasteiger partial charge in [-0.3, -0.25) is 0 Å². The van der Waals surface area contributed by atoms with Crippen LogP contribution < -0.4 is 0 Å². The number of hydrogen-bond acceptors (Lipinski definition) is 5. The minimum absolute atomic E-state index is 0.0818. The molecule has 0 atom stereocenters. The number of benzene rings is 2. The van der Waals surface area contributed by atoms with Crippen LogP contribution in [0.2, 0.25) is 0 Å². The number of phenols is 1. The van der Waals surface area contributed by atoms with Crippen molar-refractivity contribution < 1.29 is 15.3 Å². The van der Waals surface area contributed by atoms with Gasteiger partial charge in [-0.05, 0) is 36.8 Å². The highest BCUT2D eigenvalue weighted by molar-refractivity contribution is 5.75. The van der Waals surface area contributed by atoms with Gasteiger partial charge in [0.25, 0.3) is 0 Å². The monoisotopic (exact) mass is 271 g/mol. The Bertz CT molecular complexity index is 780. The number of aromatic hydroxyl groups is 1. The average molecular weight is 271 g/mol. The van der Waals surface area contributed by atoms with E-state index in [1.54, 1.807) is 36.4 Å². The standard InChI is InChI=1S/C14H13N3O3/c1-8-2-5-13(18)12(6-8)17-15-10-4-3-9(14(19)20)7-11(10)16-17/h2-7,14,18-20H,1H3. The predicted octanol–water partition coefficient (Wildman–Crippen LogP) is 1.42. The van der Waals surface area contributed by atoms with Gasteiger partial charge in [-0.15, -0.1) is 15.0 Å². The topological polar surface area (TPSA) is 91.4 Å². The van der Waals surface area contributed by atoms with Crippen molar-refractivity contribution in [2.24, 2.45) is 0 Å². The maximum absolute atomic E-state index is 9.88. The number of phenolic OH excluding ortho intramolecular Hbond substituents is 1. The van der Waals surface area contributed by atoms with Crippen LogP contribution in [-0.4, -0.2) is 30.3 Å². The van der Waals surface area contributed by atoms with Gasteiger partial charge >= 0.3 is 0 Å². The van der Waals surface area contributed by atoms with Gasteiger partial charge in [0, 0.05) is 5.56 Å². The summed E-state index contributed by atoms with van der Waals surface area (Å²) in [4.78, 5) is 1.33. The fourth-order valence-electron chi connectivity index (χ4n) is 1.99. The molecule has 0 bridgehead atoms. The average Bonchev–Trinajstić information content (AvgIpc) is 2.83. The second-order valence-electron chi connectivity index (χ2n) is 4.60. The number of aryl methyl sites for hydroxylation is 1. The van der Waals surface area contributed by atoms with Crippen molar-refractivity contribution in [3.05, 3.63) is 47.5 Å². The third-order valence-electron chi connectivity index (χ3n) is 3.05. The lowest BCUT2D eigenvalue weighted by atomic mass is 10.2. The van der Waals surface area contributed by atoms with Gasteiger partial charge in [0.05, 0.1) is 0 Å². The molecule has 20 heavy (non-hydrogen) atoms. The van der Waals surface area contributed by atoms with Crippen LogP contribution in [0.1, 0.15) is 17.4 Å². The SMILES string of the molecule is Cc1ccc(O)c(-n2nc3ccc(C(O)O)cc3n2)c1. The largest absolute Gasteiger partial charge is 0.506 e. The third-order valence-corrected chi connectivity index (χ3v) is 3.05. The van der Waals surface area contributed by atoms with Crippen LogP contribution in [0.4, 0.5) is 0 Å². The van der Waals surface area contributed by atoms with Crippen LogP contribution in [0, 0.1) is 6.92 Å². The maximum Gasteiger partial charge on any atom is 0.178 e. The molecule has 1 heterocycles. The molecule has 0 spiro atoms. The van der Waals surface area contributed by atoms with Gasteiger partial charge < -0.3 is 15.3 Å². The van der Waals surface area contributed by atoms with Crippen LogP contribution in [0.3, 0.4) is 0 Å². The van der Waals surface area contributed by atoms with E-state index < -0.39 is 6.29 Å². The quantitative estimate of drug-likeness (QED) is 0.613. The van der Waals surface area contributed by atoms with E-state index in [0.717, 1.165) is 5.56 Å². The van der Waals surface area contributed by atoms with Crippen molar-refractivity contribution >= 4 is 11.0 Å². The highest BCUT2D eigenvalue weighted by atomic mass is 16.5. The normalized spacial score (nSPS) is 11.4. The first-order chi connectivity index (χ1) is 9.54. The van der Waals surface area contributed by atoms with Gasteiger partial charge in [0.2, 0.25) is 0 Å². The molecule has 0 aliphatic carbocycles. The van der Waals surface area contributed by atoms with E-state index in [2.05, 4.69) is 10.2 Å². The van der Waals surface area contributed by atoms with E-state index >= 15 is 0 Å². The number of rotatable bonds is 2. The zero-order valence-corrected chi connectivity index (χ0v) is 10.7. The second kappa shape index (κ2) is 4.59. The molecule has 0 fully saturated rings. The van der Waals surface area contributed by atoms with Gasteiger partial charge in [0.15, 0.2) is 6.29 Å². The Morgan fingerprint density at radius 3 is 2.50 bits per heavy atom. The molecule has 3 rings (SSSR count). The lowest BCUT2D eigenvalue weighted by molar-refractivity contribution is -0.0423. The van der Waals surface area contributed by atoms with Crippen molar-refractivity contribution in [2.75, 3.05) is 0 Å². The minimum Gasteiger partial charge on any atom is -0.506 e. The van der Waals surface area contributed by atoms with Crippen LogP contribution in [0.25, 0.3) is 16.7 Å². The highest BCUT2D eigenvalue weighted by Gasteiger charge is 2.11. The van der Waals surface area contributed by atoms with E-state index in [0.29, 0.717) is 22.3 Å². The lowest BCUT2D eigenvalue weighted by Gasteiger charge is -2.03. The molecule has 6 nitrogen and oxygen atoms in total. The molecule has 3 N–H and O–H groups in total. The Labute approximate surface area is 114 Å². The molecular formula is C14H13N3O3. The zero-order valence-electron chi connectivity index (χ0n) is 10.7. The molecule has 0 aliphatic rings. The summed E-state index contributed by atoms with van der Waals surface area (Å²) in [7, 11) is 0. The first-order valence-electron chi connectivity index (χ1n) is 6.08. The fraction of sp³-hybridized carbons (Fsp3) is 0.143. The molecule has 0 unspecified atom stereocenters. The van der Waals surface area contributed by atoms with Gasteiger partial charge in [0.1, 0.15) is 22.5 Å². The van der Waals surface area contributed by atoms with Crippen LogP contribution >= 0.6 is 0 Å². The van der Waals surface area contributed by atoms with Gasteiger partial charge in [-0.1, -0.05) is 12.1 Å². The molecule has 1 aromatic heterocycles. The van der Waals surface area contributed by atoms with Crippen molar-refractivity contribution in [2.45, 2.75) is 13.2 Å². The van der Waals surface area contributed by atoms with Crippen LogP contribution in [0.5, 0.6) is 5.75 Å². The van der Waals surface area contributed by atoms with E-state index in [-0.39, 0.29) is 5.75 Å². The van der Waals surface area contributed by atoms with E-state index in [1.165, 1.54) is 4.80 Å². The second-order valence-corrected chi connectivity index (χ2v) is 4.60. The summed E-state index contributed by atoms with van der Waals surface area (Å²) in [6.07, 6.45) is -1.54. The molecule has 3 aromatic rings. The summed E-state index contributed by atoms with van der Waals surface area (Å²) in [5, 5.41) is 36.7. The summed E-state index contributed by atoms with van der Waals surface area (Å²) in [5.41, 5.74) is 2.93. The number of nitrogens with zero attached hydrogens (tertiary/aromatic N) is 3. The Balaban J connectivity index is 2.15. The Hall–Kier alpha value is -2.44. The predicted molar refractivity (Wildman–Crippen MR) is 72.4 cm³/mol. The highest BCUT2D eigenvalue weighted by Crippen LogP contribution is 2.23. The van der Waals surface area contributed by atoms with E-state index in [9.17, 15) is 5.11 Å². The number of aromatic nitrogens is 3. The molecule has 102 valence electrons. The van der Waals surface area contributed by atoms with Crippen molar-refractivity contribution in [3.63, 3.8) is 0 Å². The Morgan fingerprint density at radius 1 is 1.00 bits per heavy atom. The summed E-state index contributed by atoms with van der Waals surface area (Å²) in [5.74, 6) is 0.0818. The summed E-state index contributed by atoms with van der Waals surface area (Å²) in [6.45, 7) is 1.91. The molecule has 6 heteroatoms. The number of aliphatic hydroxyl groups excluding tert-OH is 1. The molecule has 0 amide bonds. The summed E-state index contributed by atoms with van der Waals surface area (Å²) < 4.78 is 0.